The molecule has 1 aromatic carbocycles. The first-order valence-electron chi connectivity index (χ1n) is 9.13. The fourth-order valence-corrected chi connectivity index (χ4v) is 3.78. The van der Waals surface area contributed by atoms with Crippen molar-refractivity contribution in [1.82, 2.24) is 24.1 Å². The molecule has 1 saturated heterocycles. The molecule has 0 saturated carbocycles. The van der Waals surface area contributed by atoms with E-state index in [-0.39, 0.29) is 11.7 Å². The third-order valence-corrected chi connectivity index (χ3v) is 5.05. The lowest BCUT2D eigenvalue weighted by atomic mass is 10.2. The summed E-state index contributed by atoms with van der Waals surface area (Å²) < 4.78 is 9.21. The van der Waals surface area contributed by atoms with E-state index in [0.29, 0.717) is 35.3 Å². The normalized spacial score (nSPS) is 17.3. The van der Waals surface area contributed by atoms with E-state index >= 15 is 0 Å². The van der Waals surface area contributed by atoms with Gasteiger partial charge in [-0.05, 0) is 25.0 Å². The highest BCUT2D eigenvalue weighted by Gasteiger charge is 2.21. The molecule has 0 N–H and O–H groups in total. The van der Waals surface area contributed by atoms with Crippen molar-refractivity contribution in [3.05, 3.63) is 53.6 Å². The van der Waals surface area contributed by atoms with Crippen molar-refractivity contribution >= 4 is 33.2 Å². The van der Waals surface area contributed by atoms with E-state index in [4.69, 9.17) is 14.7 Å². The number of rotatable bonds is 4. The third-order valence-electron chi connectivity index (χ3n) is 5.05. The predicted molar refractivity (Wildman–Crippen MR) is 104 cm³/mol. The van der Waals surface area contributed by atoms with E-state index in [1.807, 2.05) is 28.8 Å². The van der Waals surface area contributed by atoms with Crippen molar-refractivity contribution in [2.24, 2.45) is 0 Å². The number of fused-ring (bicyclic) bond motifs is 4. The van der Waals surface area contributed by atoms with Crippen LogP contribution < -0.4 is 5.56 Å². The molecular formula is C20H19N5O2. The number of hydrogen-bond donors (Lipinski definition) is 0. The maximum Gasteiger partial charge on any atom is 0.265 e. The van der Waals surface area contributed by atoms with Gasteiger partial charge in [-0.1, -0.05) is 18.2 Å². The maximum atomic E-state index is 13.2. The molecule has 0 radical (unpaired) electrons. The Balaban J connectivity index is 1.81. The number of allylic oxidation sites excluding steroid dienone is 1. The van der Waals surface area contributed by atoms with Gasteiger partial charge in [0.15, 0.2) is 11.3 Å². The summed E-state index contributed by atoms with van der Waals surface area (Å²) >= 11 is 0. The van der Waals surface area contributed by atoms with Gasteiger partial charge in [0.25, 0.3) is 5.56 Å². The van der Waals surface area contributed by atoms with Crippen LogP contribution in [0.25, 0.3) is 33.2 Å². The zero-order valence-electron chi connectivity index (χ0n) is 14.8. The van der Waals surface area contributed by atoms with Crippen LogP contribution in [0.2, 0.25) is 0 Å². The molecule has 0 aliphatic carbocycles. The van der Waals surface area contributed by atoms with Gasteiger partial charge in [-0.25, -0.2) is 15.0 Å². The smallest absolute Gasteiger partial charge is 0.265 e. The summed E-state index contributed by atoms with van der Waals surface area (Å²) in [6.45, 7) is 5.60. The lowest BCUT2D eigenvalue weighted by molar-refractivity contribution is 0.0960. The molecule has 3 aromatic heterocycles. The summed E-state index contributed by atoms with van der Waals surface area (Å²) in [5, 5.41) is 0.505. The molecule has 0 bridgehead atoms. The minimum Gasteiger partial charge on any atom is -0.376 e. The maximum absolute atomic E-state index is 13.2. The van der Waals surface area contributed by atoms with Crippen LogP contribution >= 0.6 is 0 Å². The molecular weight excluding hydrogens is 342 g/mol. The average Bonchev–Trinajstić information content (AvgIpc) is 3.30. The summed E-state index contributed by atoms with van der Waals surface area (Å²) in [5.74, 6) is 0. The van der Waals surface area contributed by atoms with Crippen molar-refractivity contribution in [2.75, 3.05) is 6.61 Å². The van der Waals surface area contributed by atoms with Crippen LogP contribution in [0.1, 0.15) is 12.8 Å². The first-order valence-corrected chi connectivity index (χ1v) is 9.13. The molecule has 27 heavy (non-hydrogen) atoms. The van der Waals surface area contributed by atoms with Gasteiger partial charge < -0.3 is 9.30 Å². The highest BCUT2D eigenvalue weighted by molar-refractivity contribution is 6.04. The largest absolute Gasteiger partial charge is 0.376 e. The zero-order chi connectivity index (χ0) is 18.4. The molecule has 0 spiro atoms. The van der Waals surface area contributed by atoms with E-state index in [0.717, 1.165) is 30.5 Å². The molecule has 5 rings (SSSR count). The molecule has 1 fully saturated rings. The molecule has 1 aliphatic heterocycles. The quantitative estimate of drug-likeness (QED) is 0.523. The van der Waals surface area contributed by atoms with Gasteiger partial charge in [0.2, 0.25) is 0 Å². The lowest BCUT2D eigenvalue weighted by Crippen LogP contribution is -2.26. The van der Waals surface area contributed by atoms with Gasteiger partial charge >= 0.3 is 0 Å². The minimum absolute atomic E-state index is 0.0652. The van der Waals surface area contributed by atoms with E-state index in [1.54, 1.807) is 17.0 Å². The highest BCUT2D eigenvalue weighted by atomic mass is 16.5. The SMILES string of the molecule is C=CCn1c2nc3ccccc3nc2c2c(=O)n(C[C@@H]3CCCO3)cnc21. The molecule has 0 unspecified atom stereocenters. The molecule has 0 amide bonds. The Morgan fingerprint density at radius 1 is 1.22 bits per heavy atom. The van der Waals surface area contributed by atoms with Crippen LogP contribution in [0.3, 0.4) is 0 Å². The summed E-state index contributed by atoms with van der Waals surface area (Å²) in [6, 6.07) is 7.66. The third kappa shape index (κ3) is 2.54. The van der Waals surface area contributed by atoms with Gasteiger partial charge in [0, 0.05) is 13.2 Å². The van der Waals surface area contributed by atoms with E-state index in [9.17, 15) is 4.79 Å². The second-order valence-electron chi connectivity index (χ2n) is 6.82. The monoisotopic (exact) mass is 361 g/mol. The number of benzene rings is 1. The second-order valence-corrected chi connectivity index (χ2v) is 6.82. The number of ether oxygens (including phenoxy) is 1. The Morgan fingerprint density at radius 2 is 2.04 bits per heavy atom. The average molecular weight is 361 g/mol. The molecule has 136 valence electrons. The fourth-order valence-electron chi connectivity index (χ4n) is 3.78. The summed E-state index contributed by atoms with van der Waals surface area (Å²) in [5.41, 5.74) is 3.28. The first kappa shape index (κ1) is 16.1. The summed E-state index contributed by atoms with van der Waals surface area (Å²) in [7, 11) is 0. The predicted octanol–water partition coefficient (Wildman–Crippen LogP) is 2.66. The van der Waals surface area contributed by atoms with Gasteiger partial charge in [0.05, 0.1) is 30.0 Å². The number of para-hydroxylation sites is 2. The van der Waals surface area contributed by atoms with E-state index < -0.39 is 0 Å². The van der Waals surface area contributed by atoms with Gasteiger partial charge in [-0.3, -0.25) is 9.36 Å². The fraction of sp³-hybridized carbons (Fsp3) is 0.300. The molecule has 4 heterocycles. The topological polar surface area (TPSA) is 74.8 Å². The number of nitrogens with zero attached hydrogens (tertiary/aromatic N) is 5. The minimum atomic E-state index is -0.104. The molecule has 1 atom stereocenters. The van der Waals surface area contributed by atoms with E-state index in [1.165, 1.54) is 0 Å². The van der Waals surface area contributed by atoms with Crippen LogP contribution in [0.5, 0.6) is 0 Å². The Morgan fingerprint density at radius 3 is 2.78 bits per heavy atom. The molecule has 4 aromatic rings. The van der Waals surface area contributed by atoms with Gasteiger partial charge in [-0.2, -0.15) is 0 Å². The zero-order valence-corrected chi connectivity index (χ0v) is 14.8. The first-order chi connectivity index (χ1) is 13.3. The Labute approximate surface area is 154 Å². The van der Waals surface area contributed by atoms with E-state index in [2.05, 4.69) is 11.6 Å². The van der Waals surface area contributed by atoms with Crippen molar-refractivity contribution < 1.29 is 4.74 Å². The summed E-state index contributed by atoms with van der Waals surface area (Å²) in [4.78, 5) is 27.3. The van der Waals surface area contributed by atoms with Crippen molar-refractivity contribution in [1.29, 1.82) is 0 Å². The standard InChI is InChI=1S/C20H19N5O2/c1-2-9-25-18-16(17-19(25)23-15-8-4-3-7-14(15)22-17)20(26)24(12-21-18)11-13-6-5-10-27-13/h2-4,7-8,12-13H,1,5-6,9-11H2/t13-/m0/s1. The van der Waals surface area contributed by atoms with Crippen LogP contribution in [0, 0.1) is 0 Å². The number of hydrogen-bond acceptors (Lipinski definition) is 5. The van der Waals surface area contributed by atoms with Gasteiger partial charge in [0.1, 0.15) is 10.9 Å². The van der Waals surface area contributed by atoms with Crippen molar-refractivity contribution in [3.8, 4) is 0 Å². The van der Waals surface area contributed by atoms with Crippen LogP contribution in [-0.2, 0) is 17.8 Å². The van der Waals surface area contributed by atoms with Crippen molar-refractivity contribution in [2.45, 2.75) is 32.0 Å². The Bertz CT molecular complexity index is 1230. The molecule has 1 aliphatic rings. The second kappa shape index (κ2) is 6.28. The van der Waals surface area contributed by atoms with Crippen LogP contribution in [-0.4, -0.2) is 36.8 Å². The van der Waals surface area contributed by atoms with Gasteiger partial charge in [-0.15, -0.1) is 6.58 Å². The van der Waals surface area contributed by atoms with Crippen LogP contribution in [0.15, 0.2) is 48.0 Å². The van der Waals surface area contributed by atoms with Crippen LogP contribution in [0.4, 0.5) is 0 Å². The Kier molecular flexibility index (Phi) is 3.75. The van der Waals surface area contributed by atoms with Crippen molar-refractivity contribution in [3.63, 3.8) is 0 Å². The lowest BCUT2D eigenvalue weighted by Gasteiger charge is -2.11. The molecule has 7 heteroatoms. The molecule has 7 nitrogen and oxygen atoms in total. The highest BCUT2D eigenvalue weighted by Crippen LogP contribution is 2.25. The summed E-state index contributed by atoms with van der Waals surface area (Å²) in [6.07, 6.45) is 5.44. The Hall–Kier alpha value is -3.06. The number of aromatic nitrogens is 5.